The fourth-order valence-corrected chi connectivity index (χ4v) is 7.27. The summed E-state index contributed by atoms with van der Waals surface area (Å²) in [6.45, 7) is 9.95. The second-order valence-electron chi connectivity index (χ2n) is 16.2. The number of amides is 2. The van der Waals surface area contributed by atoms with E-state index in [1.54, 1.807) is 45.8 Å². The molecule has 1 saturated carbocycles. The first-order chi connectivity index (χ1) is 23.3. The summed E-state index contributed by atoms with van der Waals surface area (Å²) in [6, 6.07) is 0.466. The number of fused-ring (bicyclic) bond motifs is 3. The van der Waals surface area contributed by atoms with Crippen molar-refractivity contribution in [3.63, 3.8) is 0 Å². The predicted octanol–water partition coefficient (Wildman–Crippen LogP) is 2.56. The van der Waals surface area contributed by atoms with Gasteiger partial charge in [0.2, 0.25) is 12.6 Å². The monoisotopic (exact) mass is 714 g/mol. The lowest BCUT2D eigenvalue weighted by molar-refractivity contribution is -0.162. The zero-order valence-corrected chi connectivity index (χ0v) is 30.9. The summed E-state index contributed by atoms with van der Waals surface area (Å²) in [5.74, 6) is -8.04. The van der Waals surface area contributed by atoms with Crippen molar-refractivity contribution in [3.8, 4) is 5.75 Å². The topological polar surface area (TPSA) is 220 Å². The highest BCUT2D eigenvalue weighted by atomic mass is 16.7. The third-order valence-corrected chi connectivity index (χ3v) is 9.53. The normalized spacial score (nSPS) is 23.4. The van der Waals surface area contributed by atoms with Crippen molar-refractivity contribution in [3.05, 3.63) is 39.7 Å². The largest absolute Gasteiger partial charge is 0.508 e. The van der Waals surface area contributed by atoms with E-state index in [9.17, 15) is 44.4 Å². The van der Waals surface area contributed by atoms with E-state index in [1.165, 1.54) is 23.9 Å². The molecule has 3 aliphatic rings. The van der Waals surface area contributed by atoms with Gasteiger partial charge in [0.15, 0.2) is 11.4 Å². The number of aliphatic hydroxyl groups excluding tert-OH is 2. The number of anilines is 1. The van der Waals surface area contributed by atoms with Crippen LogP contribution < -0.4 is 10.6 Å². The number of nitrogens with zero attached hydrogens (tertiary/aromatic N) is 3. The van der Waals surface area contributed by atoms with E-state index in [2.05, 4.69) is 0 Å². The molecule has 0 radical (unpaired) electrons. The van der Waals surface area contributed by atoms with Crippen molar-refractivity contribution in [2.24, 2.45) is 28.4 Å². The van der Waals surface area contributed by atoms with E-state index in [4.69, 9.17) is 15.2 Å². The number of aliphatic hydroxyl groups is 3. The van der Waals surface area contributed by atoms with Crippen LogP contribution in [0.2, 0.25) is 0 Å². The maximum Gasteiger partial charge on any atom is 0.412 e. The summed E-state index contributed by atoms with van der Waals surface area (Å²) < 4.78 is 10.4. The zero-order valence-electron chi connectivity index (χ0n) is 30.9. The van der Waals surface area contributed by atoms with Gasteiger partial charge in [-0.15, -0.1) is 0 Å². The van der Waals surface area contributed by atoms with E-state index in [0.717, 1.165) is 0 Å². The minimum atomic E-state index is -2.77. The second-order valence-corrected chi connectivity index (χ2v) is 16.2. The number of ether oxygens (including phenoxy) is 2. The van der Waals surface area contributed by atoms with Gasteiger partial charge >= 0.3 is 12.1 Å². The standard InChI is InChI=1S/C36H50N4O11/c1-34(2,3)15-40(33(48)51-16-50-32(47)35(4,5)6)14-18-13-21(38(7)8)19-11-17-12-20-25(39(9)10)28(43)24(31(37)46)30(45)36(20,49)29(44)22(17)27(42)23(19)26(18)41/h13,17,20,25,41-42,45,49H,11-12,14-16H2,1-10H3,(H2,37,46)/t17-,20-,25+,36-/m0/s1. The van der Waals surface area contributed by atoms with Crippen LogP contribution in [0.1, 0.15) is 64.7 Å². The third-order valence-electron chi connectivity index (χ3n) is 9.53. The number of phenolic OH excluding ortho intramolecular Hbond substituents is 1. The summed E-state index contributed by atoms with van der Waals surface area (Å²) in [5.41, 5.74) is 1.33. The molecule has 6 N–H and O–H groups in total. The molecule has 0 heterocycles. The molecule has 51 heavy (non-hydrogen) atoms. The summed E-state index contributed by atoms with van der Waals surface area (Å²) in [6.07, 6.45) is -0.780. The second kappa shape index (κ2) is 13.5. The van der Waals surface area contributed by atoms with Gasteiger partial charge < -0.3 is 45.4 Å². The number of likely N-dealkylation sites (N-methyl/N-ethyl adjacent to an activating group) is 1. The zero-order chi connectivity index (χ0) is 38.7. The summed E-state index contributed by atoms with van der Waals surface area (Å²) in [7, 11) is 6.57. The molecule has 2 amide bonds. The first-order valence-corrected chi connectivity index (χ1v) is 16.6. The van der Waals surface area contributed by atoms with Gasteiger partial charge in [-0.25, -0.2) is 4.79 Å². The minimum absolute atomic E-state index is 0.0495. The summed E-state index contributed by atoms with van der Waals surface area (Å²) in [4.78, 5) is 70.0. The maximum atomic E-state index is 14.3. The van der Waals surface area contributed by atoms with Gasteiger partial charge in [0.25, 0.3) is 5.91 Å². The Kier molecular flexibility index (Phi) is 10.4. The number of ketones is 2. The highest BCUT2D eigenvalue weighted by Gasteiger charge is 2.64. The number of benzene rings is 1. The van der Waals surface area contributed by atoms with Gasteiger partial charge in [0, 0.05) is 43.4 Å². The molecule has 4 atom stereocenters. The van der Waals surface area contributed by atoms with Crippen molar-refractivity contribution in [1.29, 1.82) is 0 Å². The lowest BCUT2D eigenvalue weighted by Crippen LogP contribution is -2.65. The molecule has 0 bridgehead atoms. The molecule has 0 aliphatic heterocycles. The molecule has 0 aromatic heterocycles. The molecule has 1 aromatic rings. The Morgan fingerprint density at radius 2 is 1.61 bits per heavy atom. The van der Waals surface area contributed by atoms with Crippen LogP contribution in [-0.2, 0) is 41.6 Å². The molecule has 280 valence electrons. The molecule has 0 spiro atoms. The Morgan fingerprint density at radius 1 is 1.00 bits per heavy atom. The minimum Gasteiger partial charge on any atom is -0.508 e. The lowest BCUT2D eigenvalue weighted by atomic mass is 9.57. The first kappa shape index (κ1) is 39.2. The fourth-order valence-electron chi connectivity index (χ4n) is 7.27. The molecule has 4 rings (SSSR count). The predicted molar refractivity (Wildman–Crippen MR) is 185 cm³/mol. The van der Waals surface area contributed by atoms with Crippen LogP contribution in [0.25, 0.3) is 5.76 Å². The van der Waals surface area contributed by atoms with Crippen LogP contribution in [0.4, 0.5) is 10.5 Å². The smallest absolute Gasteiger partial charge is 0.412 e. The highest BCUT2D eigenvalue weighted by Crippen LogP contribution is 2.54. The Balaban J connectivity index is 1.83. The van der Waals surface area contributed by atoms with Crippen molar-refractivity contribution >= 4 is 41.0 Å². The third kappa shape index (κ3) is 7.01. The first-order valence-electron chi connectivity index (χ1n) is 16.6. The van der Waals surface area contributed by atoms with E-state index in [1.807, 2.05) is 20.8 Å². The van der Waals surface area contributed by atoms with Crippen LogP contribution in [0.3, 0.4) is 0 Å². The van der Waals surface area contributed by atoms with Crippen molar-refractivity contribution in [2.45, 2.75) is 72.6 Å². The quantitative estimate of drug-likeness (QED) is 0.149. The van der Waals surface area contributed by atoms with E-state index >= 15 is 0 Å². The molecule has 3 aliphatic carbocycles. The number of primary amides is 1. The number of nitrogens with two attached hydrogens (primary N) is 1. The molecule has 1 fully saturated rings. The van der Waals surface area contributed by atoms with Crippen molar-refractivity contribution < 1.29 is 53.9 Å². The maximum absolute atomic E-state index is 14.3. The summed E-state index contributed by atoms with van der Waals surface area (Å²) >= 11 is 0. The number of hydrogen-bond donors (Lipinski definition) is 5. The summed E-state index contributed by atoms with van der Waals surface area (Å²) in [5, 5.41) is 46.7. The number of phenols is 1. The van der Waals surface area contributed by atoms with Gasteiger partial charge in [0.05, 0.1) is 23.6 Å². The SMILES string of the molecule is CN(C)c1cc(CN(CC(C)(C)C)C(=O)OCOC(=O)C(C)(C)C)c(O)c2c1C[C@H]1C[C@H]3[C@@H](N(C)C)C(=O)C(C(N)=O)=C(O)[C@@]3(O)C(=O)C1=C2O. The molecular formula is C36H50N4O11. The molecule has 0 saturated heterocycles. The van der Waals surface area contributed by atoms with E-state index < -0.39 is 93.5 Å². The average Bonchev–Trinajstić information content (AvgIpc) is 2.98. The number of aromatic hydroxyl groups is 1. The van der Waals surface area contributed by atoms with E-state index in [-0.39, 0.29) is 42.6 Å². The van der Waals surface area contributed by atoms with Crippen LogP contribution in [0.15, 0.2) is 23.0 Å². The van der Waals surface area contributed by atoms with Crippen LogP contribution in [0, 0.1) is 22.7 Å². The fraction of sp³-hybridized carbons (Fsp3) is 0.583. The van der Waals surface area contributed by atoms with Crippen molar-refractivity contribution in [2.75, 3.05) is 46.4 Å². The number of rotatable bonds is 8. The number of hydrogen-bond acceptors (Lipinski definition) is 13. The number of carbonyl (C=O) groups excluding carboxylic acids is 5. The van der Waals surface area contributed by atoms with Crippen LogP contribution in [-0.4, -0.2) is 113 Å². The van der Waals surface area contributed by atoms with Gasteiger partial charge in [-0.1, -0.05) is 20.8 Å². The Bertz CT molecular complexity index is 1730. The molecular weight excluding hydrogens is 664 g/mol. The molecule has 15 nitrogen and oxygen atoms in total. The van der Waals surface area contributed by atoms with Crippen LogP contribution in [0.5, 0.6) is 5.75 Å². The highest BCUT2D eigenvalue weighted by molar-refractivity contribution is 6.24. The molecule has 15 heteroatoms. The Labute approximate surface area is 297 Å². The van der Waals surface area contributed by atoms with E-state index in [0.29, 0.717) is 11.3 Å². The van der Waals surface area contributed by atoms with Gasteiger partial charge in [0.1, 0.15) is 22.8 Å². The van der Waals surface area contributed by atoms with Gasteiger partial charge in [-0.3, -0.25) is 24.1 Å². The van der Waals surface area contributed by atoms with Crippen molar-refractivity contribution in [1.82, 2.24) is 9.80 Å². The lowest BCUT2D eigenvalue weighted by Gasteiger charge is -2.50. The number of esters is 1. The Hall–Kier alpha value is -4.63. The molecule has 1 aromatic carbocycles. The van der Waals surface area contributed by atoms with Gasteiger partial charge in [-0.2, -0.15) is 0 Å². The van der Waals surface area contributed by atoms with Gasteiger partial charge in [-0.05, 0) is 70.7 Å². The molecule has 0 unspecified atom stereocenters. The Morgan fingerprint density at radius 3 is 2.12 bits per heavy atom. The average molecular weight is 715 g/mol. The van der Waals surface area contributed by atoms with Crippen LogP contribution >= 0.6 is 0 Å². The number of carbonyl (C=O) groups is 5. The number of Topliss-reactive ketones (excluding diaryl/α,β-unsaturated/α-hetero) is 2.